The summed E-state index contributed by atoms with van der Waals surface area (Å²) in [5.41, 5.74) is 0.726. The summed E-state index contributed by atoms with van der Waals surface area (Å²) in [5, 5.41) is 3.17. The van der Waals surface area contributed by atoms with Gasteiger partial charge in [-0.2, -0.15) is 0 Å². The van der Waals surface area contributed by atoms with Crippen LogP contribution < -0.4 is 5.32 Å². The molecule has 0 bridgehead atoms. The average molecular weight is 316 g/mol. The van der Waals surface area contributed by atoms with Crippen molar-refractivity contribution in [1.82, 2.24) is 10.2 Å². The number of nitrogens with one attached hydrogen (secondary N) is 1. The van der Waals surface area contributed by atoms with Crippen LogP contribution in [-0.2, 0) is 9.53 Å². The van der Waals surface area contributed by atoms with Gasteiger partial charge < -0.3 is 15.0 Å². The number of hydrogen-bond donors (Lipinski definition) is 1. The molecule has 5 nitrogen and oxygen atoms in total. The van der Waals surface area contributed by atoms with Gasteiger partial charge in [0.1, 0.15) is 0 Å². The van der Waals surface area contributed by atoms with Crippen LogP contribution in [0.3, 0.4) is 0 Å². The second-order valence-electron chi connectivity index (χ2n) is 6.59. The van der Waals surface area contributed by atoms with E-state index in [1.165, 1.54) is 0 Å². The monoisotopic (exact) mass is 316 g/mol. The molecule has 0 radical (unpaired) electrons. The van der Waals surface area contributed by atoms with Gasteiger partial charge in [-0.25, -0.2) is 0 Å². The van der Waals surface area contributed by atoms with Gasteiger partial charge in [-0.1, -0.05) is 18.2 Å². The summed E-state index contributed by atoms with van der Waals surface area (Å²) in [4.78, 5) is 25.9. The molecule has 23 heavy (non-hydrogen) atoms. The van der Waals surface area contributed by atoms with E-state index in [1.807, 2.05) is 35.2 Å². The molecule has 2 heterocycles. The lowest BCUT2D eigenvalue weighted by Gasteiger charge is -2.49. The Morgan fingerprint density at radius 2 is 1.87 bits per heavy atom. The lowest BCUT2D eigenvalue weighted by Crippen LogP contribution is -2.57. The highest BCUT2D eigenvalue weighted by Crippen LogP contribution is 2.41. The molecular formula is C18H24N2O3. The topological polar surface area (TPSA) is 58.6 Å². The van der Waals surface area contributed by atoms with Crippen LogP contribution in [0, 0.1) is 5.41 Å². The Balaban J connectivity index is 1.70. The molecule has 2 aliphatic rings. The largest absolute Gasteiger partial charge is 0.379 e. The van der Waals surface area contributed by atoms with Gasteiger partial charge in [-0.15, -0.1) is 0 Å². The number of carbonyl (C=O) groups excluding carboxylic acids is 2. The molecule has 2 amide bonds. The summed E-state index contributed by atoms with van der Waals surface area (Å²) in [7, 11) is 0. The number of amides is 2. The van der Waals surface area contributed by atoms with E-state index in [4.69, 9.17) is 4.74 Å². The Morgan fingerprint density at radius 1 is 1.17 bits per heavy atom. The summed E-state index contributed by atoms with van der Waals surface area (Å²) >= 11 is 0. The van der Waals surface area contributed by atoms with Crippen LogP contribution in [0.5, 0.6) is 0 Å². The molecule has 2 fully saturated rings. The summed E-state index contributed by atoms with van der Waals surface area (Å²) < 4.78 is 5.63. The first-order chi connectivity index (χ1) is 11.1. The molecule has 2 aliphatic heterocycles. The van der Waals surface area contributed by atoms with Crippen molar-refractivity contribution >= 4 is 11.8 Å². The minimum atomic E-state index is -0.0468. The lowest BCUT2D eigenvalue weighted by atomic mass is 9.69. The SMILES string of the molecule is CC(=O)N1CCC2(CCOCC2NC(=O)c2ccccc2)CC1. The zero-order chi connectivity index (χ0) is 16.3. The molecule has 3 rings (SSSR count). The quantitative estimate of drug-likeness (QED) is 0.905. The molecule has 1 aromatic carbocycles. The third-order valence-corrected chi connectivity index (χ3v) is 5.31. The fraction of sp³-hybridized carbons (Fsp3) is 0.556. The van der Waals surface area contributed by atoms with Gasteiger partial charge in [0.15, 0.2) is 0 Å². The molecule has 2 saturated heterocycles. The van der Waals surface area contributed by atoms with Crippen molar-refractivity contribution in [1.29, 1.82) is 0 Å². The third kappa shape index (κ3) is 3.39. The highest BCUT2D eigenvalue weighted by Gasteiger charge is 2.44. The van der Waals surface area contributed by atoms with Gasteiger partial charge in [0, 0.05) is 32.2 Å². The van der Waals surface area contributed by atoms with Gasteiger partial charge >= 0.3 is 0 Å². The number of likely N-dealkylation sites (tertiary alicyclic amines) is 1. The Labute approximate surface area is 137 Å². The second-order valence-corrected chi connectivity index (χ2v) is 6.59. The first kappa shape index (κ1) is 16.0. The number of rotatable bonds is 2. The normalized spacial score (nSPS) is 23.5. The molecule has 0 aromatic heterocycles. The van der Waals surface area contributed by atoms with E-state index in [0.29, 0.717) is 12.2 Å². The van der Waals surface area contributed by atoms with E-state index < -0.39 is 0 Å². The van der Waals surface area contributed by atoms with Gasteiger partial charge in [0.05, 0.1) is 12.6 Å². The fourth-order valence-corrected chi connectivity index (χ4v) is 3.72. The highest BCUT2D eigenvalue weighted by atomic mass is 16.5. The summed E-state index contributed by atoms with van der Waals surface area (Å²) in [6.07, 6.45) is 2.80. The molecule has 5 heteroatoms. The maximum absolute atomic E-state index is 12.5. The molecule has 1 spiro atoms. The Hall–Kier alpha value is -1.88. The predicted molar refractivity (Wildman–Crippen MR) is 87.1 cm³/mol. The van der Waals surface area contributed by atoms with Crippen LogP contribution in [0.4, 0.5) is 0 Å². The average Bonchev–Trinajstić information content (AvgIpc) is 2.58. The summed E-state index contributed by atoms with van der Waals surface area (Å²) in [6, 6.07) is 9.30. The molecule has 1 aromatic rings. The highest BCUT2D eigenvalue weighted by molar-refractivity contribution is 5.94. The fourth-order valence-electron chi connectivity index (χ4n) is 3.72. The Bertz CT molecular complexity index is 565. The molecule has 0 aliphatic carbocycles. The van der Waals surface area contributed by atoms with Crippen molar-refractivity contribution in [3.8, 4) is 0 Å². The van der Waals surface area contributed by atoms with Crippen molar-refractivity contribution < 1.29 is 14.3 Å². The van der Waals surface area contributed by atoms with E-state index in [2.05, 4.69) is 5.32 Å². The number of benzene rings is 1. The van der Waals surface area contributed by atoms with Crippen LogP contribution in [0.25, 0.3) is 0 Å². The van der Waals surface area contributed by atoms with Gasteiger partial charge in [-0.05, 0) is 36.8 Å². The molecule has 124 valence electrons. The number of carbonyl (C=O) groups is 2. The van der Waals surface area contributed by atoms with Crippen LogP contribution in [0.2, 0.25) is 0 Å². The minimum Gasteiger partial charge on any atom is -0.379 e. The van der Waals surface area contributed by atoms with Gasteiger partial charge in [-0.3, -0.25) is 9.59 Å². The first-order valence-corrected chi connectivity index (χ1v) is 8.30. The second kappa shape index (κ2) is 6.71. The molecular weight excluding hydrogens is 292 g/mol. The lowest BCUT2D eigenvalue weighted by molar-refractivity contribution is -0.133. The smallest absolute Gasteiger partial charge is 0.251 e. The number of hydrogen-bond acceptors (Lipinski definition) is 3. The zero-order valence-electron chi connectivity index (χ0n) is 13.6. The standard InChI is InChI=1S/C18H24N2O3/c1-14(21)20-10-7-18(8-11-20)9-12-23-13-16(18)19-17(22)15-5-3-2-4-6-15/h2-6,16H,7-13H2,1H3,(H,19,22). The Kier molecular flexibility index (Phi) is 4.66. The van der Waals surface area contributed by atoms with E-state index >= 15 is 0 Å². The summed E-state index contributed by atoms with van der Waals surface area (Å²) in [5.74, 6) is 0.0891. The van der Waals surface area contributed by atoms with Gasteiger partial charge in [0.25, 0.3) is 5.91 Å². The molecule has 1 unspecified atom stereocenters. The predicted octanol–water partition coefficient (Wildman–Crippen LogP) is 1.83. The zero-order valence-corrected chi connectivity index (χ0v) is 13.6. The van der Waals surface area contributed by atoms with Crippen molar-refractivity contribution in [2.45, 2.75) is 32.2 Å². The molecule has 0 saturated carbocycles. The van der Waals surface area contributed by atoms with E-state index in [-0.39, 0.29) is 23.3 Å². The minimum absolute atomic E-state index is 0.0121. The van der Waals surface area contributed by atoms with Gasteiger partial charge in [0.2, 0.25) is 5.91 Å². The van der Waals surface area contributed by atoms with E-state index in [0.717, 1.165) is 39.0 Å². The third-order valence-electron chi connectivity index (χ3n) is 5.31. The molecule has 1 atom stereocenters. The Morgan fingerprint density at radius 3 is 2.52 bits per heavy atom. The van der Waals surface area contributed by atoms with Crippen molar-refractivity contribution in [3.05, 3.63) is 35.9 Å². The van der Waals surface area contributed by atoms with E-state index in [1.54, 1.807) is 6.92 Å². The van der Waals surface area contributed by atoms with Crippen LogP contribution in [0.1, 0.15) is 36.5 Å². The van der Waals surface area contributed by atoms with Crippen LogP contribution in [0.15, 0.2) is 30.3 Å². The van der Waals surface area contributed by atoms with Crippen LogP contribution in [-0.4, -0.2) is 49.1 Å². The first-order valence-electron chi connectivity index (χ1n) is 8.30. The van der Waals surface area contributed by atoms with Crippen molar-refractivity contribution in [3.63, 3.8) is 0 Å². The number of ether oxygens (including phenoxy) is 1. The van der Waals surface area contributed by atoms with Crippen molar-refractivity contribution in [2.24, 2.45) is 5.41 Å². The van der Waals surface area contributed by atoms with Crippen LogP contribution >= 0.6 is 0 Å². The van der Waals surface area contributed by atoms with E-state index in [9.17, 15) is 9.59 Å². The molecule has 1 N–H and O–H groups in total. The maximum Gasteiger partial charge on any atom is 0.251 e. The summed E-state index contributed by atoms with van der Waals surface area (Å²) in [6.45, 7) is 4.45. The van der Waals surface area contributed by atoms with Crippen molar-refractivity contribution in [2.75, 3.05) is 26.3 Å². The number of piperidine rings is 1. The maximum atomic E-state index is 12.5. The number of nitrogens with zero attached hydrogens (tertiary/aromatic N) is 1.